The molecule has 0 spiro atoms. The van der Waals surface area contributed by atoms with Crippen molar-refractivity contribution in [1.29, 1.82) is 0 Å². The van der Waals surface area contributed by atoms with Crippen molar-refractivity contribution in [3.05, 3.63) is 42.5 Å². The average molecular weight is 350 g/mol. The normalized spacial score (nSPS) is 10.4. The third-order valence-electron chi connectivity index (χ3n) is 3.66. The van der Waals surface area contributed by atoms with Crippen molar-refractivity contribution in [3.8, 4) is 11.1 Å². The number of carbonyl (C=O) groups is 2. The zero-order valence-electron chi connectivity index (χ0n) is 14.3. The van der Waals surface area contributed by atoms with Crippen molar-refractivity contribution < 1.29 is 9.59 Å². The number of fused-ring (bicyclic) bond motifs is 1. The van der Waals surface area contributed by atoms with E-state index in [9.17, 15) is 9.59 Å². The summed E-state index contributed by atoms with van der Waals surface area (Å²) in [5.41, 5.74) is 5.83. The van der Waals surface area contributed by atoms with Gasteiger partial charge < -0.3 is 10.7 Å². The van der Waals surface area contributed by atoms with Crippen LogP contribution in [-0.4, -0.2) is 21.8 Å². The number of rotatable bonds is 4. The van der Waals surface area contributed by atoms with Gasteiger partial charge in [0.05, 0.1) is 5.52 Å². The quantitative estimate of drug-likeness (QED) is 0.424. The fraction of sp³-hybridized carbons (Fsp3) is 0.111. The Morgan fingerprint density at radius 2 is 1.54 bits per heavy atom. The van der Waals surface area contributed by atoms with Crippen LogP contribution in [0.25, 0.3) is 22.0 Å². The largest absolute Gasteiger partial charge is 0.326 e. The third kappa shape index (κ3) is 3.76. The van der Waals surface area contributed by atoms with Crippen molar-refractivity contribution in [2.45, 2.75) is 13.8 Å². The minimum Gasteiger partial charge on any atom is -0.326 e. The minimum atomic E-state index is -0.261. The number of anilines is 3. The molecule has 0 aliphatic carbocycles. The predicted octanol–water partition coefficient (Wildman–Crippen LogP) is 2.50. The molecule has 132 valence electrons. The maximum Gasteiger partial charge on any atom is 0.232 e. The zero-order chi connectivity index (χ0) is 18.7. The fourth-order valence-electron chi connectivity index (χ4n) is 2.58. The van der Waals surface area contributed by atoms with Crippen LogP contribution in [0.15, 0.2) is 42.5 Å². The van der Waals surface area contributed by atoms with Crippen LogP contribution in [-0.2, 0) is 9.59 Å². The van der Waals surface area contributed by atoms with Crippen molar-refractivity contribution in [2.75, 3.05) is 16.1 Å². The Kier molecular flexibility index (Phi) is 4.76. The van der Waals surface area contributed by atoms with E-state index in [-0.39, 0.29) is 17.8 Å². The van der Waals surface area contributed by atoms with E-state index in [1.54, 1.807) is 0 Å². The number of nitrogens with zero attached hydrogens (tertiary/aromatic N) is 2. The van der Waals surface area contributed by atoms with Crippen LogP contribution in [0.5, 0.6) is 0 Å². The molecule has 5 N–H and O–H groups in total. The number of nitrogen functional groups attached to an aromatic ring is 1. The molecule has 8 nitrogen and oxygen atoms in total. The standard InChI is InChI=1S/C18H18N6O2/c1-10(25)20-14-6-3-12(4-7-14)13-5-8-16-15(9-13)17(24-19)23-18(22-16)21-11(2)26/h3-9H,19H2,1-2H3,(H,20,25)(H2,21,22,23,24,26). The Bertz CT molecular complexity index is 985. The van der Waals surface area contributed by atoms with Crippen molar-refractivity contribution >= 4 is 40.2 Å². The van der Waals surface area contributed by atoms with E-state index in [4.69, 9.17) is 5.84 Å². The Balaban J connectivity index is 2.00. The number of nitrogens with one attached hydrogen (secondary N) is 3. The number of amides is 2. The second-order valence-electron chi connectivity index (χ2n) is 5.71. The van der Waals surface area contributed by atoms with E-state index in [1.807, 2.05) is 42.5 Å². The molecule has 0 radical (unpaired) electrons. The zero-order valence-corrected chi connectivity index (χ0v) is 14.3. The first-order chi connectivity index (χ1) is 12.5. The van der Waals surface area contributed by atoms with Gasteiger partial charge in [0.2, 0.25) is 17.8 Å². The second-order valence-corrected chi connectivity index (χ2v) is 5.71. The lowest BCUT2D eigenvalue weighted by Crippen LogP contribution is -2.14. The molecule has 0 bridgehead atoms. The summed E-state index contributed by atoms with van der Waals surface area (Å²) in [5, 5.41) is 6.01. The van der Waals surface area contributed by atoms with Crippen molar-refractivity contribution in [3.63, 3.8) is 0 Å². The molecule has 0 fully saturated rings. The summed E-state index contributed by atoms with van der Waals surface area (Å²) in [6, 6.07) is 13.2. The minimum absolute atomic E-state index is 0.116. The van der Waals surface area contributed by atoms with Crippen molar-refractivity contribution in [2.24, 2.45) is 5.84 Å². The fourth-order valence-corrected chi connectivity index (χ4v) is 2.58. The Morgan fingerprint density at radius 1 is 0.885 bits per heavy atom. The van der Waals surface area contributed by atoms with Gasteiger partial charge in [0.25, 0.3) is 0 Å². The number of nitrogens with two attached hydrogens (primary N) is 1. The van der Waals surface area contributed by atoms with E-state index in [0.29, 0.717) is 11.3 Å². The molecule has 3 rings (SSSR count). The molecule has 0 aliphatic rings. The Morgan fingerprint density at radius 3 is 2.15 bits per heavy atom. The first kappa shape index (κ1) is 17.3. The van der Waals surface area contributed by atoms with Gasteiger partial charge in [-0.05, 0) is 35.4 Å². The van der Waals surface area contributed by atoms with Gasteiger partial charge in [0, 0.05) is 24.9 Å². The maximum absolute atomic E-state index is 11.2. The number of hydrazine groups is 1. The molecule has 26 heavy (non-hydrogen) atoms. The summed E-state index contributed by atoms with van der Waals surface area (Å²) in [6.45, 7) is 2.85. The van der Waals surface area contributed by atoms with Crippen molar-refractivity contribution in [1.82, 2.24) is 9.97 Å². The highest BCUT2D eigenvalue weighted by atomic mass is 16.2. The number of carbonyl (C=O) groups excluding carboxylic acids is 2. The average Bonchev–Trinajstić information content (AvgIpc) is 2.60. The van der Waals surface area contributed by atoms with Gasteiger partial charge in [0.15, 0.2) is 5.82 Å². The first-order valence-corrected chi connectivity index (χ1v) is 7.90. The third-order valence-corrected chi connectivity index (χ3v) is 3.66. The maximum atomic E-state index is 11.2. The van der Waals surface area contributed by atoms with E-state index in [1.165, 1.54) is 13.8 Å². The Labute approximate surface area is 149 Å². The van der Waals surface area contributed by atoms with Gasteiger partial charge >= 0.3 is 0 Å². The van der Waals surface area contributed by atoms with Crippen LogP contribution < -0.4 is 21.9 Å². The number of hydrogen-bond acceptors (Lipinski definition) is 6. The van der Waals surface area contributed by atoms with E-state index < -0.39 is 0 Å². The molecular formula is C18H18N6O2. The smallest absolute Gasteiger partial charge is 0.232 e. The summed E-state index contributed by atoms with van der Waals surface area (Å²) in [5.74, 6) is 5.80. The van der Waals surface area contributed by atoms with Crippen LogP contribution in [0, 0.1) is 0 Å². The van der Waals surface area contributed by atoms with Gasteiger partial charge in [-0.2, -0.15) is 4.98 Å². The van der Waals surface area contributed by atoms with E-state index in [0.717, 1.165) is 22.2 Å². The van der Waals surface area contributed by atoms with Crippen LogP contribution >= 0.6 is 0 Å². The van der Waals surface area contributed by atoms with E-state index >= 15 is 0 Å². The number of hydrogen-bond donors (Lipinski definition) is 4. The van der Waals surface area contributed by atoms with Crippen LogP contribution in [0.3, 0.4) is 0 Å². The molecule has 0 unspecified atom stereocenters. The molecule has 0 saturated carbocycles. The van der Waals surface area contributed by atoms with Gasteiger partial charge in [-0.1, -0.05) is 18.2 Å². The van der Waals surface area contributed by atoms with Gasteiger partial charge in [-0.3, -0.25) is 14.9 Å². The van der Waals surface area contributed by atoms with Gasteiger partial charge in [0.1, 0.15) is 0 Å². The Hall–Kier alpha value is -3.52. The second kappa shape index (κ2) is 7.16. The predicted molar refractivity (Wildman–Crippen MR) is 101 cm³/mol. The topological polar surface area (TPSA) is 122 Å². The lowest BCUT2D eigenvalue weighted by molar-refractivity contribution is -0.115. The molecule has 2 aromatic carbocycles. The van der Waals surface area contributed by atoms with Crippen LogP contribution in [0.4, 0.5) is 17.5 Å². The summed E-state index contributed by atoms with van der Waals surface area (Å²) in [4.78, 5) is 30.9. The summed E-state index contributed by atoms with van der Waals surface area (Å²) < 4.78 is 0. The molecule has 0 saturated heterocycles. The summed E-state index contributed by atoms with van der Waals surface area (Å²) >= 11 is 0. The highest BCUT2D eigenvalue weighted by Crippen LogP contribution is 2.28. The molecule has 1 aromatic heterocycles. The van der Waals surface area contributed by atoms with Crippen LogP contribution in [0.2, 0.25) is 0 Å². The molecule has 3 aromatic rings. The summed E-state index contributed by atoms with van der Waals surface area (Å²) in [6.07, 6.45) is 0. The highest BCUT2D eigenvalue weighted by Gasteiger charge is 2.10. The first-order valence-electron chi connectivity index (χ1n) is 7.90. The summed E-state index contributed by atoms with van der Waals surface area (Å²) in [7, 11) is 0. The molecular weight excluding hydrogens is 332 g/mol. The molecule has 2 amide bonds. The lowest BCUT2D eigenvalue weighted by atomic mass is 10.0. The molecule has 0 atom stereocenters. The monoisotopic (exact) mass is 350 g/mol. The van der Waals surface area contributed by atoms with Gasteiger partial charge in [-0.25, -0.2) is 10.8 Å². The highest BCUT2D eigenvalue weighted by molar-refractivity contribution is 5.95. The number of benzene rings is 2. The lowest BCUT2D eigenvalue weighted by Gasteiger charge is -2.10. The van der Waals surface area contributed by atoms with Crippen LogP contribution in [0.1, 0.15) is 13.8 Å². The van der Waals surface area contributed by atoms with Gasteiger partial charge in [-0.15, -0.1) is 0 Å². The number of aromatic nitrogens is 2. The van der Waals surface area contributed by atoms with E-state index in [2.05, 4.69) is 26.0 Å². The molecule has 0 aliphatic heterocycles. The SMILES string of the molecule is CC(=O)Nc1ccc(-c2ccc3nc(NC(C)=O)nc(NN)c3c2)cc1. The molecule has 8 heteroatoms. The molecule has 1 heterocycles.